The van der Waals surface area contributed by atoms with Gasteiger partial charge in [-0.3, -0.25) is 4.79 Å². The van der Waals surface area contributed by atoms with Crippen molar-refractivity contribution in [1.29, 1.82) is 0 Å². The number of carbonyl (C=O) groups excluding carboxylic acids is 1. The van der Waals surface area contributed by atoms with Crippen LogP contribution in [0.2, 0.25) is 0 Å². The number of methoxy groups -OCH3 is 1. The van der Waals surface area contributed by atoms with E-state index >= 15 is 0 Å². The molecule has 0 atom stereocenters. The molecular formula is C13H21N3O4S. The van der Waals surface area contributed by atoms with Crippen LogP contribution >= 0.6 is 0 Å². The summed E-state index contributed by atoms with van der Waals surface area (Å²) < 4.78 is 31.1. The molecule has 0 aliphatic carbocycles. The van der Waals surface area contributed by atoms with Gasteiger partial charge in [0.25, 0.3) is 5.91 Å². The van der Waals surface area contributed by atoms with Crippen LogP contribution in [0.15, 0.2) is 23.1 Å². The minimum atomic E-state index is -3.69. The first-order valence-electron chi connectivity index (χ1n) is 6.56. The van der Waals surface area contributed by atoms with E-state index in [-0.39, 0.29) is 22.1 Å². The molecule has 0 aliphatic heterocycles. The number of rotatable bonds is 8. The van der Waals surface area contributed by atoms with Crippen LogP contribution in [0.1, 0.15) is 17.3 Å². The molecule has 0 aromatic heterocycles. The van der Waals surface area contributed by atoms with Gasteiger partial charge in [-0.05, 0) is 31.8 Å². The summed E-state index contributed by atoms with van der Waals surface area (Å²) in [4.78, 5) is 11.9. The molecule has 8 heteroatoms. The van der Waals surface area contributed by atoms with E-state index in [1.54, 1.807) is 0 Å². The van der Waals surface area contributed by atoms with Crippen molar-refractivity contribution in [3.05, 3.63) is 23.8 Å². The summed E-state index contributed by atoms with van der Waals surface area (Å²) in [7, 11) is -1.01. The number of amides is 1. The summed E-state index contributed by atoms with van der Waals surface area (Å²) in [6.07, 6.45) is 0. The minimum absolute atomic E-state index is 0.0631. The van der Waals surface area contributed by atoms with Gasteiger partial charge < -0.3 is 15.4 Å². The number of ether oxygens (including phenoxy) is 1. The molecule has 21 heavy (non-hydrogen) atoms. The van der Waals surface area contributed by atoms with E-state index < -0.39 is 10.0 Å². The number of hydrogen-bond donors (Lipinski definition) is 3. The fraction of sp³-hybridized carbons (Fsp3) is 0.462. The van der Waals surface area contributed by atoms with Crippen molar-refractivity contribution in [2.45, 2.75) is 11.8 Å². The third-order valence-corrected chi connectivity index (χ3v) is 4.26. The Labute approximate surface area is 125 Å². The molecule has 1 amide bonds. The lowest BCUT2D eigenvalue weighted by Gasteiger charge is -2.11. The van der Waals surface area contributed by atoms with E-state index in [0.29, 0.717) is 13.1 Å². The van der Waals surface area contributed by atoms with Gasteiger partial charge in [0.1, 0.15) is 10.6 Å². The second-order valence-corrected chi connectivity index (χ2v) is 6.04. The van der Waals surface area contributed by atoms with Crippen LogP contribution in [0.4, 0.5) is 0 Å². The summed E-state index contributed by atoms with van der Waals surface area (Å²) in [5.74, 6) is -0.142. The molecule has 7 nitrogen and oxygen atoms in total. The number of likely N-dealkylation sites (N-methyl/N-ethyl adjacent to an activating group) is 1. The van der Waals surface area contributed by atoms with E-state index in [1.165, 1.54) is 32.4 Å². The summed E-state index contributed by atoms with van der Waals surface area (Å²) >= 11 is 0. The van der Waals surface area contributed by atoms with Crippen LogP contribution < -0.4 is 20.1 Å². The quantitative estimate of drug-likeness (QED) is 0.584. The first-order chi connectivity index (χ1) is 9.96. The third kappa shape index (κ3) is 4.69. The predicted molar refractivity (Wildman–Crippen MR) is 80.1 cm³/mol. The largest absolute Gasteiger partial charge is 0.495 e. The number of benzene rings is 1. The van der Waals surface area contributed by atoms with Crippen LogP contribution in [-0.2, 0) is 10.0 Å². The molecule has 0 unspecified atom stereocenters. The molecular weight excluding hydrogens is 294 g/mol. The second kappa shape index (κ2) is 7.96. The molecule has 0 saturated carbocycles. The molecule has 0 spiro atoms. The molecule has 0 bridgehead atoms. The maximum absolute atomic E-state index is 12.0. The van der Waals surface area contributed by atoms with Crippen LogP contribution in [0.5, 0.6) is 5.75 Å². The lowest BCUT2D eigenvalue weighted by molar-refractivity contribution is 0.0953. The van der Waals surface area contributed by atoms with Gasteiger partial charge in [0.15, 0.2) is 0 Å². The topological polar surface area (TPSA) is 96.5 Å². The molecule has 0 heterocycles. The standard InChI is InChI=1S/C13H21N3O4S/c1-4-15-7-8-16-13(17)10-5-6-11(20-3)12(9-10)21(18,19)14-2/h5-6,9,14-15H,4,7-8H2,1-3H3,(H,16,17). The summed E-state index contributed by atoms with van der Waals surface area (Å²) in [5, 5.41) is 5.79. The molecule has 3 N–H and O–H groups in total. The maximum atomic E-state index is 12.0. The smallest absolute Gasteiger partial charge is 0.251 e. The van der Waals surface area contributed by atoms with E-state index in [2.05, 4.69) is 15.4 Å². The highest BCUT2D eigenvalue weighted by atomic mass is 32.2. The number of sulfonamides is 1. The summed E-state index contributed by atoms with van der Waals surface area (Å²) in [6, 6.07) is 4.28. The molecule has 0 aliphatic rings. The fourth-order valence-electron chi connectivity index (χ4n) is 1.68. The van der Waals surface area contributed by atoms with Crippen molar-refractivity contribution in [3.8, 4) is 5.75 Å². The SMILES string of the molecule is CCNCCNC(=O)c1ccc(OC)c(S(=O)(=O)NC)c1. The first-order valence-corrected chi connectivity index (χ1v) is 8.05. The Balaban J connectivity index is 2.95. The average Bonchev–Trinajstić information content (AvgIpc) is 2.50. The van der Waals surface area contributed by atoms with Crippen LogP contribution in [0, 0.1) is 0 Å². The zero-order valence-corrected chi connectivity index (χ0v) is 13.2. The van der Waals surface area contributed by atoms with Crippen LogP contribution in [0.3, 0.4) is 0 Å². The third-order valence-electron chi connectivity index (χ3n) is 2.82. The lowest BCUT2D eigenvalue weighted by atomic mass is 10.2. The van der Waals surface area contributed by atoms with Gasteiger partial charge >= 0.3 is 0 Å². The zero-order valence-electron chi connectivity index (χ0n) is 12.4. The van der Waals surface area contributed by atoms with Crippen molar-refractivity contribution >= 4 is 15.9 Å². The van der Waals surface area contributed by atoms with Gasteiger partial charge in [-0.1, -0.05) is 6.92 Å². The van der Waals surface area contributed by atoms with Gasteiger partial charge in [-0.25, -0.2) is 13.1 Å². The van der Waals surface area contributed by atoms with Crippen molar-refractivity contribution in [3.63, 3.8) is 0 Å². The minimum Gasteiger partial charge on any atom is -0.495 e. The van der Waals surface area contributed by atoms with Crippen LogP contribution in [-0.4, -0.2) is 48.1 Å². The van der Waals surface area contributed by atoms with Gasteiger partial charge in [0.05, 0.1) is 7.11 Å². The molecule has 0 fully saturated rings. The molecule has 1 aromatic rings. The molecule has 1 aromatic carbocycles. The second-order valence-electron chi connectivity index (χ2n) is 4.18. The van der Waals surface area contributed by atoms with Crippen molar-refractivity contribution in [2.24, 2.45) is 0 Å². The number of carbonyl (C=O) groups is 1. The Morgan fingerprint density at radius 1 is 1.29 bits per heavy atom. The Kier molecular flexibility index (Phi) is 6.60. The highest BCUT2D eigenvalue weighted by Crippen LogP contribution is 2.24. The monoisotopic (exact) mass is 315 g/mol. The summed E-state index contributed by atoms with van der Waals surface area (Å²) in [5.41, 5.74) is 0.265. The van der Waals surface area contributed by atoms with E-state index in [9.17, 15) is 13.2 Å². The van der Waals surface area contributed by atoms with Crippen molar-refractivity contribution in [1.82, 2.24) is 15.4 Å². The van der Waals surface area contributed by atoms with Gasteiger partial charge in [0.2, 0.25) is 10.0 Å². The Bertz CT molecular complexity index is 587. The maximum Gasteiger partial charge on any atom is 0.251 e. The molecule has 1 rings (SSSR count). The molecule has 0 radical (unpaired) electrons. The number of nitrogens with one attached hydrogen (secondary N) is 3. The molecule has 118 valence electrons. The Morgan fingerprint density at radius 3 is 2.57 bits per heavy atom. The average molecular weight is 315 g/mol. The van der Waals surface area contributed by atoms with E-state index in [0.717, 1.165) is 6.54 Å². The van der Waals surface area contributed by atoms with Gasteiger partial charge in [-0.15, -0.1) is 0 Å². The Hall–Kier alpha value is -1.64. The highest BCUT2D eigenvalue weighted by Gasteiger charge is 2.19. The van der Waals surface area contributed by atoms with Gasteiger partial charge in [0, 0.05) is 18.7 Å². The van der Waals surface area contributed by atoms with E-state index in [1.807, 2.05) is 6.92 Å². The lowest BCUT2D eigenvalue weighted by Crippen LogP contribution is -2.32. The zero-order chi connectivity index (χ0) is 15.9. The normalized spacial score (nSPS) is 11.2. The van der Waals surface area contributed by atoms with Crippen molar-refractivity contribution in [2.75, 3.05) is 33.8 Å². The van der Waals surface area contributed by atoms with Crippen LogP contribution in [0.25, 0.3) is 0 Å². The fourth-order valence-corrected chi connectivity index (χ4v) is 2.60. The van der Waals surface area contributed by atoms with Crippen molar-refractivity contribution < 1.29 is 17.9 Å². The molecule has 0 saturated heterocycles. The highest BCUT2D eigenvalue weighted by molar-refractivity contribution is 7.89. The first kappa shape index (κ1) is 17.4. The summed E-state index contributed by atoms with van der Waals surface area (Å²) in [6.45, 7) is 3.91. The Morgan fingerprint density at radius 2 is 2.00 bits per heavy atom. The van der Waals surface area contributed by atoms with E-state index in [4.69, 9.17) is 4.74 Å². The predicted octanol–water partition coefficient (Wildman–Crippen LogP) is -0.0574. The van der Waals surface area contributed by atoms with Gasteiger partial charge in [-0.2, -0.15) is 0 Å². The number of hydrogen-bond acceptors (Lipinski definition) is 5.